The van der Waals surface area contributed by atoms with E-state index in [-0.39, 0.29) is 27.3 Å². The maximum absolute atomic E-state index is 13.8. The highest BCUT2D eigenvalue weighted by Crippen LogP contribution is 2.29. The average Bonchev–Trinajstić information content (AvgIpc) is 3.12. The molecule has 0 radical (unpaired) electrons. The van der Waals surface area contributed by atoms with E-state index in [0.29, 0.717) is 5.89 Å². The third kappa shape index (κ3) is 5.36. The molecule has 3 aromatic rings. The van der Waals surface area contributed by atoms with Gasteiger partial charge in [0, 0.05) is 10.6 Å². The van der Waals surface area contributed by atoms with Gasteiger partial charge in [-0.05, 0) is 48.2 Å². The summed E-state index contributed by atoms with van der Waals surface area (Å²) in [5.74, 6) is -0.600. The van der Waals surface area contributed by atoms with Gasteiger partial charge in [-0.25, -0.2) is 4.39 Å². The van der Waals surface area contributed by atoms with E-state index < -0.39 is 11.1 Å². The van der Waals surface area contributed by atoms with E-state index in [1.807, 2.05) is 24.3 Å². The van der Waals surface area contributed by atoms with Crippen LogP contribution in [-0.4, -0.2) is 21.4 Å². The van der Waals surface area contributed by atoms with Crippen molar-refractivity contribution in [2.24, 2.45) is 0 Å². The Bertz CT molecular complexity index is 1020. The standard InChI is InChI=1S/C21H21ClFN3O2S/c1-12(18(27)24-17-10-9-15(22)11-16(17)23)29-20-26-25-19(28-20)13-5-7-14(8-6-13)21(2,3)4/h5-12H,1-4H3,(H,24,27). The quantitative estimate of drug-likeness (QED) is 0.504. The van der Waals surface area contributed by atoms with E-state index in [1.165, 1.54) is 17.7 Å². The summed E-state index contributed by atoms with van der Waals surface area (Å²) in [5, 5.41) is 10.5. The van der Waals surface area contributed by atoms with Crippen LogP contribution in [0.2, 0.25) is 5.02 Å². The third-order valence-electron chi connectivity index (χ3n) is 4.24. The van der Waals surface area contributed by atoms with Crippen LogP contribution in [0.25, 0.3) is 11.5 Å². The second-order valence-corrected chi connectivity index (χ2v) is 9.30. The van der Waals surface area contributed by atoms with Crippen molar-refractivity contribution >= 4 is 35.0 Å². The van der Waals surface area contributed by atoms with E-state index in [9.17, 15) is 9.18 Å². The minimum absolute atomic E-state index is 0.0563. The topological polar surface area (TPSA) is 68.0 Å². The maximum Gasteiger partial charge on any atom is 0.277 e. The molecular weight excluding hydrogens is 413 g/mol. The molecule has 152 valence electrons. The van der Waals surface area contributed by atoms with Crippen LogP contribution in [0.3, 0.4) is 0 Å². The predicted octanol–water partition coefficient (Wildman–Crippen LogP) is 5.95. The zero-order chi connectivity index (χ0) is 21.2. The number of thioether (sulfide) groups is 1. The lowest BCUT2D eigenvalue weighted by Gasteiger charge is -2.18. The van der Waals surface area contributed by atoms with Gasteiger partial charge in [0.25, 0.3) is 5.22 Å². The normalized spacial score (nSPS) is 12.6. The molecule has 29 heavy (non-hydrogen) atoms. The summed E-state index contributed by atoms with van der Waals surface area (Å²) >= 11 is 6.82. The molecule has 1 aromatic heterocycles. The number of benzene rings is 2. The van der Waals surface area contributed by atoms with Crippen molar-refractivity contribution in [3.63, 3.8) is 0 Å². The van der Waals surface area contributed by atoms with Crippen LogP contribution in [0.5, 0.6) is 0 Å². The zero-order valence-electron chi connectivity index (χ0n) is 16.5. The number of aromatic nitrogens is 2. The van der Waals surface area contributed by atoms with Crippen molar-refractivity contribution in [3.8, 4) is 11.5 Å². The van der Waals surface area contributed by atoms with E-state index in [0.717, 1.165) is 23.4 Å². The molecule has 1 N–H and O–H groups in total. The highest BCUT2D eigenvalue weighted by atomic mass is 35.5. The average molecular weight is 434 g/mol. The SMILES string of the molecule is CC(Sc1nnc(-c2ccc(C(C)(C)C)cc2)o1)C(=O)Nc1ccc(Cl)cc1F. The van der Waals surface area contributed by atoms with E-state index in [1.54, 1.807) is 6.92 Å². The summed E-state index contributed by atoms with van der Waals surface area (Å²) in [7, 11) is 0. The Kier molecular flexibility index (Phi) is 6.29. The minimum Gasteiger partial charge on any atom is -0.411 e. The van der Waals surface area contributed by atoms with Crippen molar-refractivity contribution in [2.75, 3.05) is 5.32 Å². The first kappa shape index (κ1) is 21.3. The number of hydrogen-bond donors (Lipinski definition) is 1. The molecule has 0 fully saturated rings. The molecule has 0 spiro atoms. The van der Waals surface area contributed by atoms with Crippen molar-refractivity contribution in [3.05, 3.63) is 58.9 Å². The van der Waals surface area contributed by atoms with Crippen LogP contribution in [0.15, 0.2) is 52.1 Å². The molecule has 1 heterocycles. The second kappa shape index (κ2) is 8.55. The van der Waals surface area contributed by atoms with Crippen molar-refractivity contribution < 1.29 is 13.6 Å². The number of rotatable bonds is 5. The fourth-order valence-electron chi connectivity index (χ4n) is 2.52. The lowest BCUT2D eigenvalue weighted by molar-refractivity contribution is -0.115. The van der Waals surface area contributed by atoms with E-state index >= 15 is 0 Å². The number of anilines is 1. The van der Waals surface area contributed by atoms with E-state index in [4.69, 9.17) is 16.0 Å². The fraction of sp³-hybridized carbons (Fsp3) is 0.286. The van der Waals surface area contributed by atoms with Gasteiger partial charge in [0.05, 0.1) is 10.9 Å². The molecule has 0 aliphatic carbocycles. The van der Waals surface area contributed by atoms with Crippen LogP contribution in [0.1, 0.15) is 33.3 Å². The molecular formula is C21H21ClFN3O2S. The first-order valence-corrected chi connectivity index (χ1v) is 10.3. The van der Waals surface area contributed by atoms with Gasteiger partial charge in [-0.1, -0.05) is 56.3 Å². The summed E-state index contributed by atoms with van der Waals surface area (Å²) in [6.45, 7) is 8.11. The number of hydrogen-bond acceptors (Lipinski definition) is 5. The number of nitrogens with one attached hydrogen (secondary N) is 1. The van der Waals surface area contributed by atoms with Crippen molar-refractivity contribution in [1.29, 1.82) is 0 Å². The van der Waals surface area contributed by atoms with Gasteiger partial charge in [0.15, 0.2) is 0 Å². The Morgan fingerprint density at radius 3 is 2.48 bits per heavy atom. The van der Waals surface area contributed by atoms with Gasteiger partial charge in [0.1, 0.15) is 5.82 Å². The number of amides is 1. The third-order valence-corrected chi connectivity index (χ3v) is 5.41. The molecule has 0 aliphatic rings. The number of nitrogens with zero attached hydrogens (tertiary/aromatic N) is 2. The maximum atomic E-state index is 13.8. The lowest BCUT2D eigenvalue weighted by atomic mass is 9.87. The molecule has 0 aliphatic heterocycles. The molecule has 1 unspecified atom stereocenters. The molecule has 1 amide bonds. The fourth-order valence-corrected chi connectivity index (χ4v) is 3.36. The van der Waals surface area contributed by atoms with Gasteiger partial charge in [-0.2, -0.15) is 0 Å². The minimum atomic E-state index is -0.596. The lowest BCUT2D eigenvalue weighted by Crippen LogP contribution is -2.23. The molecule has 1 atom stereocenters. The van der Waals surface area contributed by atoms with Crippen LogP contribution in [0.4, 0.5) is 10.1 Å². The Morgan fingerprint density at radius 2 is 1.86 bits per heavy atom. The number of carbonyl (C=O) groups is 1. The van der Waals surface area contributed by atoms with Gasteiger partial charge in [-0.15, -0.1) is 10.2 Å². The Labute approximate surface area is 178 Å². The molecule has 0 saturated heterocycles. The van der Waals surface area contributed by atoms with Gasteiger partial charge < -0.3 is 9.73 Å². The highest BCUT2D eigenvalue weighted by Gasteiger charge is 2.20. The summed E-state index contributed by atoms with van der Waals surface area (Å²) < 4.78 is 19.5. The summed E-state index contributed by atoms with van der Waals surface area (Å²) in [5.41, 5.74) is 2.13. The Hall–Kier alpha value is -2.38. The second-order valence-electron chi connectivity index (χ2n) is 7.57. The summed E-state index contributed by atoms with van der Waals surface area (Å²) in [4.78, 5) is 12.3. The molecule has 2 aromatic carbocycles. The number of halogens is 2. The largest absolute Gasteiger partial charge is 0.411 e. The monoisotopic (exact) mass is 433 g/mol. The molecule has 8 heteroatoms. The van der Waals surface area contributed by atoms with Crippen LogP contribution >= 0.6 is 23.4 Å². The van der Waals surface area contributed by atoms with Gasteiger partial charge >= 0.3 is 0 Å². The Balaban J connectivity index is 1.65. The first-order valence-electron chi connectivity index (χ1n) is 9.00. The van der Waals surface area contributed by atoms with Crippen LogP contribution in [0, 0.1) is 5.82 Å². The summed E-state index contributed by atoms with van der Waals surface area (Å²) in [6.07, 6.45) is 0. The molecule has 3 rings (SSSR count). The predicted molar refractivity (Wildman–Crippen MR) is 114 cm³/mol. The van der Waals surface area contributed by atoms with Gasteiger partial charge in [-0.3, -0.25) is 4.79 Å². The van der Waals surface area contributed by atoms with Crippen molar-refractivity contribution in [1.82, 2.24) is 10.2 Å². The van der Waals surface area contributed by atoms with Crippen LogP contribution in [-0.2, 0) is 10.2 Å². The molecule has 0 bridgehead atoms. The zero-order valence-corrected chi connectivity index (χ0v) is 18.1. The molecule has 0 saturated carbocycles. The Morgan fingerprint density at radius 1 is 1.17 bits per heavy atom. The first-order chi connectivity index (χ1) is 13.6. The van der Waals surface area contributed by atoms with Crippen LogP contribution < -0.4 is 5.32 Å². The van der Waals surface area contributed by atoms with Gasteiger partial charge in [0.2, 0.25) is 11.8 Å². The number of carbonyl (C=O) groups excluding carboxylic acids is 1. The molecule has 5 nitrogen and oxygen atoms in total. The highest BCUT2D eigenvalue weighted by molar-refractivity contribution is 8.00. The van der Waals surface area contributed by atoms with Crippen molar-refractivity contribution in [2.45, 2.75) is 43.6 Å². The summed E-state index contributed by atoms with van der Waals surface area (Å²) in [6, 6.07) is 12.0. The van der Waals surface area contributed by atoms with E-state index in [2.05, 4.69) is 36.3 Å². The smallest absolute Gasteiger partial charge is 0.277 e.